The van der Waals surface area contributed by atoms with Crippen molar-refractivity contribution in [3.05, 3.63) is 71.3 Å². The number of terminal acetylenes is 1. The number of carbonyl (C=O) groups is 3. The summed E-state index contributed by atoms with van der Waals surface area (Å²) in [5, 5.41) is 39.9. The van der Waals surface area contributed by atoms with Crippen LogP contribution in [0.5, 0.6) is 5.75 Å². The SMILES string of the molecule is C#Cc1ccc(CNC(=O)[C@@H]2C[C@@H](O)CN2C(=O)[C@@H](NC(=O)N2CCN(CC3CCN([C@H]4CC[C@H](N5CCC6Nc7nnc(-c8ccccc8O)cc7C6[C@H]5C)CC4)CC3)CC2)C(C)(C)C)cc1. The minimum atomic E-state index is -0.878. The van der Waals surface area contributed by atoms with Gasteiger partial charge in [0, 0.05) is 106 Å². The highest BCUT2D eigenvalue weighted by Crippen LogP contribution is 2.45. The van der Waals surface area contributed by atoms with Crippen molar-refractivity contribution < 1.29 is 24.6 Å². The number of para-hydroxylation sites is 1. The zero-order chi connectivity index (χ0) is 47.7. The highest BCUT2D eigenvalue weighted by Gasteiger charge is 2.47. The fourth-order valence-electron chi connectivity index (χ4n) is 12.3. The number of phenols is 1. The van der Waals surface area contributed by atoms with Crippen molar-refractivity contribution in [2.45, 2.75) is 134 Å². The molecule has 4 amide bonds. The lowest BCUT2D eigenvalue weighted by Crippen LogP contribution is -2.61. The topological polar surface area (TPSA) is 170 Å². The predicted molar refractivity (Wildman–Crippen MR) is 263 cm³/mol. The van der Waals surface area contributed by atoms with E-state index < -0.39 is 23.6 Å². The van der Waals surface area contributed by atoms with E-state index in [1.54, 1.807) is 6.07 Å². The van der Waals surface area contributed by atoms with Gasteiger partial charge >= 0.3 is 6.03 Å². The quantitative estimate of drug-likeness (QED) is 0.177. The van der Waals surface area contributed by atoms with E-state index in [-0.39, 0.29) is 43.1 Å². The van der Waals surface area contributed by atoms with Crippen molar-refractivity contribution in [3.63, 3.8) is 0 Å². The molecule has 2 aromatic carbocycles. The number of piperazine rings is 1. The van der Waals surface area contributed by atoms with E-state index in [0.717, 1.165) is 73.9 Å². The van der Waals surface area contributed by atoms with Crippen LogP contribution in [0.4, 0.5) is 10.6 Å². The summed E-state index contributed by atoms with van der Waals surface area (Å²) in [6.45, 7) is 15.6. The third-order valence-electron chi connectivity index (χ3n) is 16.2. The van der Waals surface area contributed by atoms with Crippen LogP contribution in [0, 0.1) is 23.7 Å². The molecule has 0 spiro atoms. The highest BCUT2D eigenvalue weighted by molar-refractivity contribution is 5.93. The van der Waals surface area contributed by atoms with Crippen LogP contribution in [0.3, 0.4) is 0 Å². The number of nitrogens with one attached hydrogen (secondary N) is 3. The maximum Gasteiger partial charge on any atom is 0.318 e. The van der Waals surface area contributed by atoms with Gasteiger partial charge in [0.15, 0.2) is 5.82 Å². The van der Waals surface area contributed by atoms with E-state index in [2.05, 4.69) is 59.8 Å². The third kappa shape index (κ3) is 10.3. The Morgan fingerprint density at radius 3 is 2.29 bits per heavy atom. The number of rotatable bonds is 10. The molecule has 1 aliphatic carbocycles. The Kier molecular flexibility index (Phi) is 14.3. The second-order valence-corrected chi connectivity index (χ2v) is 21.5. The molecule has 364 valence electrons. The summed E-state index contributed by atoms with van der Waals surface area (Å²) in [5.74, 6) is 3.99. The number of benzene rings is 2. The first kappa shape index (κ1) is 47.8. The first-order valence-corrected chi connectivity index (χ1v) is 25.3. The van der Waals surface area contributed by atoms with Gasteiger partial charge < -0.3 is 40.9 Å². The van der Waals surface area contributed by atoms with Crippen LogP contribution < -0.4 is 16.0 Å². The largest absolute Gasteiger partial charge is 0.507 e. The van der Waals surface area contributed by atoms with Crippen LogP contribution in [0.2, 0.25) is 0 Å². The number of carbonyl (C=O) groups excluding carboxylic acids is 3. The Morgan fingerprint density at radius 1 is 0.897 bits per heavy atom. The maximum absolute atomic E-state index is 14.2. The molecule has 0 bridgehead atoms. The zero-order valence-corrected chi connectivity index (χ0v) is 40.4. The Labute approximate surface area is 402 Å². The van der Waals surface area contributed by atoms with Crippen molar-refractivity contribution in [3.8, 4) is 29.4 Å². The minimum Gasteiger partial charge on any atom is -0.507 e. The van der Waals surface area contributed by atoms with E-state index >= 15 is 0 Å². The Balaban J connectivity index is 0.705. The van der Waals surface area contributed by atoms with Crippen LogP contribution in [-0.4, -0.2) is 164 Å². The summed E-state index contributed by atoms with van der Waals surface area (Å²) >= 11 is 0. The third-order valence-corrected chi connectivity index (χ3v) is 16.2. The van der Waals surface area contributed by atoms with Crippen LogP contribution in [0.15, 0.2) is 54.6 Å². The fourth-order valence-corrected chi connectivity index (χ4v) is 12.3. The predicted octanol–water partition coefficient (Wildman–Crippen LogP) is 4.85. The van der Waals surface area contributed by atoms with Gasteiger partial charge in [-0.3, -0.25) is 19.4 Å². The number of anilines is 1. The minimum absolute atomic E-state index is 0.0324. The Hall–Kier alpha value is -5.27. The average Bonchev–Trinajstić information content (AvgIpc) is 3.93. The van der Waals surface area contributed by atoms with E-state index in [4.69, 9.17) is 6.42 Å². The first-order chi connectivity index (χ1) is 32.7. The normalized spacial score (nSPS) is 27.7. The number of β-amino-alcohol motifs (C(OH)–C–C–N with tert-alkyl or cyclic N) is 1. The molecule has 15 heteroatoms. The van der Waals surface area contributed by atoms with Gasteiger partial charge in [0.2, 0.25) is 11.8 Å². The van der Waals surface area contributed by atoms with Gasteiger partial charge in [-0.05, 0) is 112 Å². The summed E-state index contributed by atoms with van der Waals surface area (Å²) in [6.07, 6.45) is 13.2. The molecule has 6 aliphatic rings. The molecule has 15 nitrogen and oxygen atoms in total. The molecule has 4 saturated heterocycles. The van der Waals surface area contributed by atoms with Crippen molar-refractivity contribution >= 4 is 23.7 Å². The number of urea groups is 1. The van der Waals surface area contributed by atoms with Gasteiger partial charge in [-0.15, -0.1) is 16.6 Å². The lowest BCUT2D eigenvalue weighted by atomic mass is 9.80. The average molecular weight is 929 g/mol. The van der Waals surface area contributed by atoms with Gasteiger partial charge in [0.25, 0.3) is 0 Å². The number of aliphatic hydroxyl groups is 1. The molecule has 1 aromatic heterocycles. The number of aliphatic hydroxyl groups excluding tert-OH is 1. The van der Waals surface area contributed by atoms with E-state index in [9.17, 15) is 24.6 Å². The molecule has 1 saturated carbocycles. The molecular formula is C53H72N10O5. The van der Waals surface area contributed by atoms with E-state index in [0.29, 0.717) is 49.1 Å². The molecule has 68 heavy (non-hydrogen) atoms. The van der Waals surface area contributed by atoms with Gasteiger partial charge in [0.1, 0.15) is 17.8 Å². The number of hydrogen-bond acceptors (Lipinski definition) is 11. The van der Waals surface area contributed by atoms with Crippen LogP contribution >= 0.6 is 0 Å². The number of aromatic hydroxyl groups is 1. The zero-order valence-electron chi connectivity index (χ0n) is 40.4. The number of aromatic nitrogens is 2. The smallest absolute Gasteiger partial charge is 0.318 e. The van der Waals surface area contributed by atoms with Crippen LogP contribution in [0.1, 0.15) is 102 Å². The molecule has 2 unspecified atom stereocenters. The van der Waals surface area contributed by atoms with Gasteiger partial charge in [-0.1, -0.05) is 51.0 Å². The van der Waals surface area contributed by atoms with Gasteiger partial charge in [0.05, 0.1) is 11.8 Å². The molecule has 6 heterocycles. The van der Waals surface area contributed by atoms with Crippen molar-refractivity contribution in [2.75, 3.05) is 64.2 Å². The monoisotopic (exact) mass is 929 g/mol. The van der Waals surface area contributed by atoms with Crippen LogP contribution in [-0.2, 0) is 16.1 Å². The van der Waals surface area contributed by atoms with Gasteiger partial charge in [-0.25, -0.2) is 4.79 Å². The number of piperidine rings is 2. The summed E-state index contributed by atoms with van der Waals surface area (Å²) in [6, 6.07) is 16.9. The lowest BCUT2D eigenvalue weighted by molar-refractivity contribution is -0.142. The second-order valence-electron chi connectivity index (χ2n) is 21.5. The molecule has 5 N–H and O–H groups in total. The number of nitrogens with zero attached hydrogens (tertiary/aromatic N) is 7. The summed E-state index contributed by atoms with van der Waals surface area (Å²) in [5.41, 5.74) is 3.66. The molecule has 5 fully saturated rings. The maximum atomic E-state index is 14.2. The first-order valence-electron chi connectivity index (χ1n) is 25.3. The van der Waals surface area contributed by atoms with E-state index in [1.807, 2.05) is 68.1 Å². The molecule has 3 aromatic rings. The van der Waals surface area contributed by atoms with Crippen molar-refractivity contribution in [2.24, 2.45) is 11.3 Å². The number of amides is 4. The van der Waals surface area contributed by atoms with E-state index in [1.165, 1.54) is 49.0 Å². The Morgan fingerprint density at radius 2 is 1.60 bits per heavy atom. The number of hydrogen-bond donors (Lipinski definition) is 5. The summed E-state index contributed by atoms with van der Waals surface area (Å²) in [7, 11) is 0. The van der Waals surface area contributed by atoms with Crippen molar-refractivity contribution in [1.29, 1.82) is 0 Å². The molecule has 0 radical (unpaired) electrons. The van der Waals surface area contributed by atoms with Crippen LogP contribution in [0.25, 0.3) is 11.3 Å². The fraction of sp³-hybridized carbons (Fsp3) is 0.604. The number of likely N-dealkylation sites (tertiary alicyclic amines) is 3. The number of phenolic OH excluding ortho intramolecular Hbond substituents is 1. The summed E-state index contributed by atoms with van der Waals surface area (Å²) < 4.78 is 0. The van der Waals surface area contributed by atoms with Gasteiger partial charge in [-0.2, -0.15) is 0 Å². The molecule has 5 aliphatic heterocycles. The highest BCUT2D eigenvalue weighted by atomic mass is 16.3. The lowest BCUT2D eigenvalue weighted by Gasteiger charge is -2.48. The number of fused-ring (bicyclic) bond motifs is 3. The second kappa shape index (κ2) is 20.4. The molecule has 9 rings (SSSR count). The Bertz CT molecular complexity index is 2310. The standard InChI is InChI=1S/C53H72N10O5/c1-6-35-11-13-36(14-12-35)31-54-50(66)45-29-40(64)33-63(45)51(67)48(53(3,4)5)56-52(68)61-27-25-59(26-28-61)32-37-19-22-60(23-20-37)38-15-17-39(18-16-38)62-24-21-43-47(34(62)2)42-30-44(57-58-49(42)55-43)41-9-7-8-10-46(41)65/h1,7-14,30,34,37-40,43,45,47-48,64-65H,15-29,31-33H2,2-5H3,(H,54,66)(H,55,58)(H,56,68)/t34-,38-,39-,40-,43?,45+,47?,48-/m1/s1. The molecular weight excluding hydrogens is 857 g/mol. The summed E-state index contributed by atoms with van der Waals surface area (Å²) in [4.78, 5) is 52.7. The molecule has 6 atom stereocenters. The van der Waals surface area contributed by atoms with Crippen molar-refractivity contribution in [1.82, 2.24) is 45.3 Å².